The summed E-state index contributed by atoms with van der Waals surface area (Å²) >= 11 is 0. The van der Waals surface area contributed by atoms with Crippen molar-refractivity contribution in [3.63, 3.8) is 0 Å². The van der Waals surface area contributed by atoms with Crippen LogP contribution in [0.2, 0.25) is 0 Å². The Balaban J connectivity index is 2.59. The first-order valence-electron chi connectivity index (χ1n) is 5.07. The van der Waals surface area contributed by atoms with Gasteiger partial charge in [-0.15, -0.1) is 0 Å². The summed E-state index contributed by atoms with van der Waals surface area (Å²) in [7, 11) is 0. The zero-order chi connectivity index (χ0) is 8.97. The molecule has 0 amide bonds. The van der Waals surface area contributed by atoms with Gasteiger partial charge in [0.25, 0.3) is 0 Å². The fourth-order valence-corrected chi connectivity index (χ4v) is 1.90. The monoisotopic (exact) mass is 168 g/mol. The van der Waals surface area contributed by atoms with Crippen molar-refractivity contribution >= 4 is 5.84 Å². The molecule has 0 spiro atoms. The average molecular weight is 168 g/mol. The van der Waals surface area contributed by atoms with Crippen LogP contribution in [0.5, 0.6) is 0 Å². The highest BCUT2D eigenvalue weighted by molar-refractivity contribution is 5.80. The number of nitrogens with zero attached hydrogens (tertiary/aromatic N) is 2. The lowest BCUT2D eigenvalue weighted by atomic mass is 10.1. The summed E-state index contributed by atoms with van der Waals surface area (Å²) in [5.41, 5.74) is 0. The molecule has 0 fully saturated rings. The largest absolute Gasteiger partial charge is 0.358 e. The normalized spacial score (nSPS) is 24.1. The van der Waals surface area contributed by atoms with Crippen molar-refractivity contribution in [1.82, 2.24) is 4.90 Å². The molecule has 1 aliphatic rings. The summed E-state index contributed by atoms with van der Waals surface area (Å²) in [5, 5.41) is 0. The Kier molecular flexibility index (Phi) is 3.57. The van der Waals surface area contributed by atoms with Gasteiger partial charge < -0.3 is 4.90 Å². The Morgan fingerprint density at radius 2 is 2.25 bits per heavy atom. The van der Waals surface area contributed by atoms with Crippen LogP contribution in [-0.2, 0) is 0 Å². The van der Waals surface area contributed by atoms with Crippen LogP contribution in [0.4, 0.5) is 0 Å². The van der Waals surface area contributed by atoms with Crippen LogP contribution in [-0.4, -0.2) is 29.9 Å². The molecular formula is C10H20N2. The maximum atomic E-state index is 4.47. The molecule has 0 saturated carbocycles. The quantitative estimate of drug-likeness (QED) is 0.631. The van der Waals surface area contributed by atoms with Gasteiger partial charge in [-0.1, -0.05) is 13.8 Å². The molecule has 0 saturated heterocycles. The molecule has 0 aromatic heterocycles. The Labute approximate surface area is 75.7 Å². The van der Waals surface area contributed by atoms with Crippen LogP contribution >= 0.6 is 0 Å². The van der Waals surface area contributed by atoms with Crippen LogP contribution in [0.25, 0.3) is 0 Å². The molecule has 1 rings (SSSR count). The van der Waals surface area contributed by atoms with E-state index in [1.165, 1.54) is 31.6 Å². The van der Waals surface area contributed by atoms with Gasteiger partial charge in [-0.25, -0.2) is 0 Å². The summed E-state index contributed by atoms with van der Waals surface area (Å²) in [5.74, 6) is 1.25. The molecule has 1 unspecified atom stereocenters. The number of hydrogen-bond donors (Lipinski definition) is 0. The highest BCUT2D eigenvalue weighted by Crippen LogP contribution is 2.15. The van der Waals surface area contributed by atoms with Crippen LogP contribution in [0.3, 0.4) is 0 Å². The fourth-order valence-electron chi connectivity index (χ4n) is 1.90. The van der Waals surface area contributed by atoms with Gasteiger partial charge in [-0.05, 0) is 26.2 Å². The van der Waals surface area contributed by atoms with E-state index >= 15 is 0 Å². The summed E-state index contributed by atoms with van der Waals surface area (Å²) < 4.78 is 0. The second kappa shape index (κ2) is 4.48. The van der Waals surface area contributed by atoms with E-state index in [0.29, 0.717) is 0 Å². The Morgan fingerprint density at radius 3 is 2.83 bits per heavy atom. The number of hydrogen-bond acceptors (Lipinski definition) is 2. The predicted molar refractivity (Wildman–Crippen MR) is 53.7 cm³/mol. The molecular weight excluding hydrogens is 148 g/mol. The maximum absolute atomic E-state index is 4.47. The van der Waals surface area contributed by atoms with Crippen molar-refractivity contribution in [3.05, 3.63) is 0 Å². The molecule has 2 heteroatoms. The smallest absolute Gasteiger partial charge is 0.0960 e. The van der Waals surface area contributed by atoms with E-state index < -0.39 is 0 Å². The van der Waals surface area contributed by atoms with E-state index in [9.17, 15) is 0 Å². The SMILES string of the molecule is CCCN1C(C)=NCCC1CC. The van der Waals surface area contributed by atoms with E-state index in [1.807, 2.05) is 0 Å². The van der Waals surface area contributed by atoms with Crippen LogP contribution in [0.1, 0.15) is 40.0 Å². The summed E-state index contributed by atoms with van der Waals surface area (Å²) in [4.78, 5) is 6.93. The van der Waals surface area contributed by atoms with Crippen LogP contribution in [0, 0.1) is 0 Å². The lowest BCUT2D eigenvalue weighted by Crippen LogP contribution is -2.42. The lowest BCUT2D eigenvalue weighted by molar-refractivity contribution is 0.274. The average Bonchev–Trinajstić information content (AvgIpc) is 2.09. The molecule has 12 heavy (non-hydrogen) atoms. The van der Waals surface area contributed by atoms with Crippen molar-refractivity contribution in [3.8, 4) is 0 Å². The van der Waals surface area contributed by atoms with Crippen molar-refractivity contribution in [2.75, 3.05) is 13.1 Å². The molecule has 1 atom stereocenters. The van der Waals surface area contributed by atoms with E-state index in [4.69, 9.17) is 0 Å². The van der Waals surface area contributed by atoms with Gasteiger partial charge in [-0.2, -0.15) is 0 Å². The first-order chi connectivity index (χ1) is 5.79. The van der Waals surface area contributed by atoms with Gasteiger partial charge in [-0.3, -0.25) is 4.99 Å². The highest BCUT2D eigenvalue weighted by Gasteiger charge is 2.19. The molecule has 0 radical (unpaired) electrons. The Hall–Kier alpha value is -0.530. The van der Waals surface area contributed by atoms with Gasteiger partial charge in [0, 0.05) is 19.1 Å². The topological polar surface area (TPSA) is 15.6 Å². The fraction of sp³-hybridized carbons (Fsp3) is 0.900. The summed E-state index contributed by atoms with van der Waals surface area (Å²) in [6.45, 7) is 8.84. The molecule has 0 bridgehead atoms. The van der Waals surface area contributed by atoms with Crippen LogP contribution < -0.4 is 0 Å². The summed E-state index contributed by atoms with van der Waals surface area (Å²) in [6.07, 6.45) is 3.73. The zero-order valence-corrected chi connectivity index (χ0v) is 8.51. The number of amidine groups is 1. The van der Waals surface area contributed by atoms with Crippen molar-refractivity contribution in [1.29, 1.82) is 0 Å². The molecule has 0 N–H and O–H groups in total. The zero-order valence-electron chi connectivity index (χ0n) is 8.51. The number of aliphatic imine (C=N–C) groups is 1. The van der Waals surface area contributed by atoms with E-state index in [0.717, 1.165) is 12.6 Å². The number of rotatable bonds is 3. The third-order valence-corrected chi connectivity index (χ3v) is 2.60. The first kappa shape index (κ1) is 9.56. The van der Waals surface area contributed by atoms with Gasteiger partial charge >= 0.3 is 0 Å². The van der Waals surface area contributed by atoms with Gasteiger partial charge in [0.05, 0.1) is 5.84 Å². The van der Waals surface area contributed by atoms with Gasteiger partial charge in [0.2, 0.25) is 0 Å². The molecule has 70 valence electrons. The van der Waals surface area contributed by atoms with Crippen molar-refractivity contribution in [2.24, 2.45) is 4.99 Å². The Bertz CT molecular complexity index is 163. The van der Waals surface area contributed by atoms with E-state index in [-0.39, 0.29) is 0 Å². The standard InChI is InChI=1S/C10H20N2/c1-4-8-12-9(3)11-7-6-10(12)5-2/h10H,4-8H2,1-3H3. The minimum atomic E-state index is 0.752. The third-order valence-electron chi connectivity index (χ3n) is 2.60. The van der Waals surface area contributed by atoms with Crippen molar-refractivity contribution < 1.29 is 0 Å². The maximum Gasteiger partial charge on any atom is 0.0960 e. The molecule has 0 aliphatic carbocycles. The van der Waals surface area contributed by atoms with Gasteiger partial charge in [0.1, 0.15) is 0 Å². The second-order valence-corrected chi connectivity index (χ2v) is 3.47. The highest BCUT2D eigenvalue weighted by atomic mass is 15.2. The third kappa shape index (κ3) is 1.99. The second-order valence-electron chi connectivity index (χ2n) is 3.47. The molecule has 2 nitrogen and oxygen atoms in total. The molecule has 0 aromatic rings. The van der Waals surface area contributed by atoms with E-state index in [1.54, 1.807) is 0 Å². The predicted octanol–water partition coefficient (Wildman–Crippen LogP) is 2.30. The first-order valence-corrected chi connectivity index (χ1v) is 5.07. The minimum absolute atomic E-state index is 0.752. The lowest BCUT2D eigenvalue weighted by Gasteiger charge is -2.35. The van der Waals surface area contributed by atoms with E-state index in [2.05, 4.69) is 30.7 Å². The molecule has 1 aliphatic heterocycles. The van der Waals surface area contributed by atoms with Crippen LogP contribution in [0.15, 0.2) is 4.99 Å². The Morgan fingerprint density at radius 1 is 1.50 bits per heavy atom. The summed E-state index contributed by atoms with van der Waals surface area (Å²) in [6, 6.07) is 0.752. The molecule has 1 heterocycles. The minimum Gasteiger partial charge on any atom is -0.358 e. The van der Waals surface area contributed by atoms with Crippen molar-refractivity contribution in [2.45, 2.75) is 46.1 Å². The van der Waals surface area contributed by atoms with Gasteiger partial charge in [0.15, 0.2) is 0 Å². The molecule has 0 aromatic carbocycles.